The van der Waals surface area contributed by atoms with Gasteiger partial charge in [0.15, 0.2) is 0 Å². The molecule has 3 rings (SSSR count). The molecule has 2 amide bonds. The van der Waals surface area contributed by atoms with Crippen LogP contribution in [-0.2, 0) is 19.6 Å². The molecule has 1 aliphatic rings. The molecule has 1 fully saturated rings. The first-order valence-corrected chi connectivity index (χ1v) is 11.9. The minimum Gasteiger partial charge on any atom is -0.354 e. The van der Waals surface area contributed by atoms with E-state index >= 15 is 0 Å². The van der Waals surface area contributed by atoms with E-state index in [0.717, 1.165) is 4.31 Å². The predicted molar refractivity (Wildman–Crippen MR) is 123 cm³/mol. The maximum atomic E-state index is 12.9. The molecule has 0 saturated carbocycles. The number of amides is 2. The first kappa shape index (κ1) is 24.2. The fourth-order valence-electron chi connectivity index (χ4n) is 3.58. The zero-order valence-electron chi connectivity index (χ0n) is 18.6. The topological polar surface area (TPSA) is 127 Å². The van der Waals surface area contributed by atoms with E-state index in [9.17, 15) is 23.3 Å². The number of benzene rings is 1. The average Bonchev–Trinajstić information content (AvgIpc) is 3.05. The third-order valence-corrected chi connectivity index (χ3v) is 7.11. The minimum absolute atomic E-state index is 0.0353. The number of carbonyl (C=O) groups is 2. The number of hydrogen-bond donors (Lipinski definition) is 1. The van der Waals surface area contributed by atoms with Gasteiger partial charge in [0, 0.05) is 52.0 Å². The molecular formula is C22H26N6O4S. The maximum Gasteiger partial charge on any atom is 0.243 e. The van der Waals surface area contributed by atoms with Crippen LogP contribution in [0.4, 0.5) is 11.5 Å². The lowest BCUT2D eigenvalue weighted by atomic mass is 10.2. The van der Waals surface area contributed by atoms with Gasteiger partial charge in [0.05, 0.1) is 17.0 Å². The largest absolute Gasteiger partial charge is 0.354 e. The van der Waals surface area contributed by atoms with Gasteiger partial charge in [-0.2, -0.15) is 9.57 Å². The number of likely N-dealkylation sites (N-methyl/N-ethyl adjacent to an activating group) is 1. The molecule has 0 radical (unpaired) electrons. The number of pyridine rings is 1. The SMILES string of the molecule is CC(=O)Nc1ccc(S(=O)(=O)N(C)CC(=O)N2CCCN(c3ncccc3C#N)CC2)cc1. The first-order valence-electron chi connectivity index (χ1n) is 10.4. The highest BCUT2D eigenvalue weighted by Gasteiger charge is 2.27. The molecule has 10 nitrogen and oxygen atoms in total. The van der Waals surface area contributed by atoms with E-state index in [1.54, 1.807) is 23.2 Å². The quantitative estimate of drug-likeness (QED) is 0.674. The fourth-order valence-corrected chi connectivity index (χ4v) is 4.70. The van der Waals surface area contributed by atoms with Crippen molar-refractivity contribution in [1.29, 1.82) is 5.26 Å². The molecule has 174 valence electrons. The van der Waals surface area contributed by atoms with Crippen molar-refractivity contribution in [2.75, 3.05) is 50.0 Å². The molecule has 1 saturated heterocycles. The van der Waals surface area contributed by atoms with Crippen LogP contribution in [-0.4, -0.2) is 74.2 Å². The van der Waals surface area contributed by atoms with Crippen molar-refractivity contribution in [2.45, 2.75) is 18.2 Å². The van der Waals surface area contributed by atoms with Crippen LogP contribution in [0.5, 0.6) is 0 Å². The van der Waals surface area contributed by atoms with E-state index in [1.807, 2.05) is 4.90 Å². The van der Waals surface area contributed by atoms with Gasteiger partial charge in [0.2, 0.25) is 21.8 Å². The van der Waals surface area contributed by atoms with Crippen molar-refractivity contribution < 1.29 is 18.0 Å². The van der Waals surface area contributed by atoms with Crippen LogP contribution in [0, 0.1) is 11.3 Å². The molecule has 2 aromatic rings. The Balaban J connectivity index is 1.63. The van der Waals surface area contributed by atoms with Gasteiger partial charge >= 0.3 is 0 Å². The number of nitriles is 1. The van der Waals surface area contributed by atoms with Crippen molar-refractivity contribution in [3.8, 4) is 6.07 Å². The van der Waals surface area contributed by atoms with E-state index in [2.05, 4.69) is 16.4 Å². The number of carbonyl (C=O) groups excluding carboxylic acids is 2. The molecule has 1 N–H and O–H groups in total. The standard InChI is InChI=1S/C22H26N6O4S/c1-17(29)25-19-6-8-20(9-7-19)33(31,32)26(2)16-21(30)27-11-4-12-28(14-13-27)22-18(15-23)5-3-10-24-22/h3,5-10H,4,11-14,16H2,1-2H3,(H,25,29). The fraction of sp³-hybridized carbons (Fsp3) is 0.364. The van der Waals surface area contributed by atoms with Crippen molar-refractivity contribution in [3.63, 3.8) is 0 Å². The van der Waals surface area contributed by atoms with Gasteiger partial charge < -0.3 is 15.1 Å². The van der Waals surface area contributed by atoms with Crippen LogP contribution < -0.4 is 10.2 Å². The van der Waals surface area contributed by atoms with Gasteiger partial charge in [-0.3, -0.25) is 9.59 Å². The number of hydrogen-bond acceptors (Lipinski definition) is 7. The number of rotatable bonds is 6. The summed E-state index contributed by atoms with van der Waals surface area (Å²) in [5, 5.41) is 11.9. The molecule has 0 atom stereocenters. The summed E-state index contributed by atoms with van der Waals surface area (Å²) in [6, 6.07) is 11.3. The Morgan fingerprint density at radius 2 is 1.88 bits per heavy atom. The Kier molecular flexibility index (Phi) is 7.63. The van der Waals surface area contributed by atoms with Gasteiger partial charge in [-0.1, -0.05) is 0 Å². The normalized spacial score (nSPS) is 14.5. The molecule has 1 aromatic heterocycles. The first-order chi connectivity index (χ1) is 15.7. The minimum atomic E-state index is -3.87. The van der Waals surface area contributed by atoms with Gasteiger partial charge in [0.25, 0.3) is 0 Å². The summed E-state index contributed by atoms with van der Waals surface area (Å²) >= 11 is 0. The Morgan fingerprint density at radius 1 is 1.15 bits per heavy atom. The zero-order chi connectivity index (χ0) is 24.0. The van der Waals surface area contributed by atoms with Gasteiger partial charge in [-0.05, 0) is 42.8 Å². The van der Waals surface area contributed by atoms with E-state index in [0.29, 0.717) is 49.7 Å². The smallest absolute Gasteiger partial charge is 0.243 e. The molecule has 11 heteroatoms. The van der Waals surface area contributed by atoms with E-state index in [-0.39, 0.29) is 23.3 Å². The molecule has 0 spiro atoms. The maximum absolute atomic E-state index is 12.9. The Labute approximate surface area is 193 Å². The van der Waals surface area contributed by atoms with Gasteiger partial charge in [-0.25, -0.2) is 13.4 Å². The number of nitrogens with zero attached hydrogens (tertiary/aromatic N) is 5. The summed E-state index contributed by atoms with van der Waals surface area (Å²) in [6.45, 7) is 3.11. The lowest BCUT2D eigenvalue weighted by Gasteiger charge is -2.25. The lowest BCUT2D eigenvalue weighted by molar-refractivity contribution is -0.131. The van der Waals surface area contributed by atoms with Crippen LogP contribution in [0.1, 0.15) is 18.9 Å². The Morgan fingerprint density at radius 3 is 2.55 bits per heavy atom. The van der Waals surface area contributed by atoms with Crippen LogP contribution >= 0.6 is 0 Å². The van der Waals surface area contributed by atoms with Gasteiger partial charge in [-0.15, -0.1) is 0 Å². The van der Waals surface area contributed by atoms with Crippen molar-refractivity contribution in [1.82, 2.24) is 14.2 Å². The average molecular weight is 471 g/mol. The van der Waals surface area contributed by atoms with Crippen LogP contribution in [0.3, 0.4) is 0 Å². The van der Waals surface area contributed by atoms with Crippen LogP contribution in [0.25, 0.3) is 0 Å². The summed E-state index contributed by atoms with van der Waals surface area (Å²) in [5.74, 6) is 0.0484. The molecule has 0 bridgehead atoms. The number of sulfonamides is 1. The summed E-state index contributed by atoms with van der Waals surface area (Å²) in [4.78, 5) is 32.0. The number of aromatic nitrogens is 1. The molecule has 33 heavy (non-hydrogen) atoms. The molecule has 0 unspecified atom stereocenters. The summed E-state index contributed by atoms with van der Waals surface area (Å²) in [6.07, 6.45) is 2.31. The van der Waals surface area contributed by atoms with E-state index in [1.165, 1.54) is 38.2 Å². The van der Waals surface area contributed by atoms with Gasteiger partial charge in [0.1, 0.15) is 11.9 Å². The third-order valence-electron chi connectivity index (χ3n) is 5.30. The van der Waals surface area contributed by atoms with Crippen LogP contribution in [0.15, 0.2) is 47.5 Å². The predicted octanol–water partition coefficient (Wildman–Crippen LogP) is 1.27. The Hall–Kier alpha value is -3.49. The van der Waals surface area contributed by atoms with E-state index < -0.39 is 10.0 Å². The van der Waals surface area contributed by atoms with Crippen LogP contribution in [0.2, 0.25) is 0 Å². The summed E-state index contributed by atoms with van der Waals surface area (Å²) in [7, 11) is -2.51. The number of nitrogens with one attached hydrogen (secondary N) is 1. The zero-order valence-corrected chi connectivity index (χ0v) is 19.4. The molecule has 0 aliphatic carbocycles. The van der Waals surface area contributed by atoms with Crippen molar-refractivity contribution in [3.05, 3.63) is 48.2 Å². The Bertz CT molecular complexity index is 1160. The second kappa shape index (κ2) is 10.4. The second-order valence-corrected chi connectivity index (χ2v) is 9.72. The monoisotopic (exact) mass is 470 g/mol. The highest BCUT2D eigenvalue weighted by molar-refractivity contribution is 7.89. The summed E-state index contributed by atoms with van der Waals surface area (Å²) < 4.78 is 26.8. The van der Waals surface area contributed by atoms with Crippen molar-refractivity contribution >= 4 is 33.3 Å². The summed E-state index contributed by atoms with van der Waals surface area (Å²) in [5.41, 5.74) is 0.967. The van der Waals surface area contributed by atoms with E-state index in [4.69, 9.17) is 0 Å². The molecule has 1 aliphatic heterocycles. The highest BCUT2D eigenvalue weighted by Crippen LogP contribution is 2.20. The highest BCUT2D eigenvalue weighted by atomic mass is 32.2. The third kappa shape index (κ3) is 5.85. The number of anilines is 2. The molecule has 1 aromatic carbocycles. The molecular weight excluding hydrogens is 444 g/mol. The lowest BCUT2D eigenvalue weighted by Crippen LogP contribution is -2.42. The molecule has 2 heterocycles. The van der Waals surface area contributed by atoms with Crippen molar-refractivity contribution in [2.24, 2.45) is 0 Å². The second-order valence-electron chi connectivity index (χ2n) is 7.67.